The Morgan fingerprint density at radius 3 is 2.84 bits per heavy atom. The summed E-state index contributed by atoms with van der Waals surface area (Å²) in [6.45, 7) is 1.59. The second-order valence-corrected chi connectivity index (χ2v) is 5.71. The second-order valence-electron chi connectivity index (χ2n) is 4.52. The Balaban J connectivity index is 2.25. The van der Waals surface area contributed by atoms with Crippen LogP contribution in [0.1, 0.15) is 17.5 Å². The Bertz CT molecular complexity index is 552. The number of aromatic nitrogens is 2. The molecule has 2 heterocycles. The number of rotatable bonds is 5. The maximum absolute atomic E-state index is 6.21. The fourth-order valence-corrected chi connectivity index (χ4v) is 2.36. The summed E-state index contributed by atoms with van der Waals surface area (Å²) in [4.78, 5) is 2.08. The third-order valence-corrected chi connectivity index (χ3v) is 3.50. The molecule has 0 fully saturated rings. The zero-order valence-corrected chi connectivity index (χ0v) is 13.1. The van der Waals surface area contributed by atoms with Gasteiger partial charge >= 0.3 is 0 Å². The van der Waals surface area contributed by atoms with Crippen LogP contribution in [-0.4, -0.2) is 35.3 Å². The van der Waals surface area contributed by atoms with Crippen molar-refractivity contribution in [2.24, 2.45) is 5.73 Å². The Morgan fingerprint density at radius 2 is 2.26 bits per heavy atom. The Kier molecular flexibility index (Phi) is 4.67. The predicted octanol–water partition coefficient (Wildman–Crippen LogP) is 2.50. The Morgan fingerprint density at radius 1 is 1.53 bits per heavy atom. The number of halogens is 2. The molecule has 0 aromatic carbocycles. The summed E-state index contributed by atoms with van der Waals surface area (Å²) < 4.78 is 7.96. The molecule has 1 unspecified atom stereocenters. The third kappa shape index (κ3) is 3.39. The van der Waals surface area contributed by atoms with Gasteiger partial charge < -0.3 is 15.1 Å². The molecule has 104 valence electrons. The lowest BCUT2D eigenvalue weighted by atomic mass is 10.1. The van der Waals surface area contributed by atoms with E-state index in [1.54, 1.807) is 6.20 Å². The summed E-state index contributed by atoms with van der Waals surface area (Å²) >= 11 is 9.45. The van der Waals surface area contributed by atoms with Crippen molar-refractivity contribution in [3.8, 4) is 0 Å². The number of hydrogen-bond donors (Lipinski definition) is 1. The summed E-state index contributed by atoms with van der Waals surface area (Å²) in [5.41, 5.74) is 6.98. The normalized spacial score (nSPS) is 13.2. The van der Waals surface area contributed by atoms with Gasteiger partial charge in [-0.3, -0.25) is 4.68 Å². The highest BCUT2D eigenvalue weighted by Crippen LogP contribution is 2.28. The van der Waals surface area contributed by atoms with E-state index in [1.165, 1.54) is 0 Å². The molecule has 0 saturated carbocycles. The largest absolute Gasteiger partial charge is 0.452 e. The zero-order valence-electron chi connectivity index (χ0n) is 10.8. The second kappa shape index (κ2) is 6.09. The highest BCUT2D eigenvalue weighted by Gasteiger charge is 2.21. The van der Waals surface area contributed by atoms with E-state index in [0.717, 1.165) is 18.8 Å². The molecule has 0 bridgehead atoms. The van der Waals surface area contributed by atoms with Crippen LogP contribution in [0.25, 0.3) is 0 Å². The van der Waals surface area contributed by atoms with E-state index in [-0.39, 0.29) is 0 Å². The van der Waals surface area contributed by atoms with Crippen molar-refractivity contribution < 1.29 is 4.42 Å². The smallest absolute Gasteiger partial charge is 0.169 e. The van der Waals surface area contributed by atoms with E-state index in [0.29, 0.717) is 15.5 Å². The lowest BCUT2D eigenvalue weighted by Crippen LogP contribution is -2.23. The molecule has 0 radical (unpaired) electrons. The van der Waals surface area contributed by atoms with Gasteiger partial charge in [0.15, 0.2) is 4.67 Å². The summed E-state index contributed by atoms with van der Waals surface area (Å²) in [6, 6.07) is 3.21. The molecule has 19 heavy (non-hydrogen) atoms. The van der Waals surface area contributed by atoms with E-state index < -0.39 is 6.04 Å². The van der Waals surface area contributed by atoms with Crippen LogP contribution in [-0.2, 0) is 6.54 Å². The average molecular weight is 348 g/mol. The molecule has 2 rings (SSSR count). The number of nitrogens with zero attached hydrogens (tertiary/aromatic N) is 3. The van der Waals surface area contributed by atoms with Gasteiger partial charge in [0.25, 0.3) is 0 Å². The highest BCUT2D eigenvalue weighted by atomic mass is 79.9. The van der Waals surface area contributed by atoms with Crippen molar-refractivity contribution in [2.45, 2.75) is 12.6 Å². The quantitative estimate of drug-likeness (QED) is 0.903. The first-order valence-corrected chi connectivity index (χ1v) is 7.03. The SMILES string of the molecule is CN(C)CCn1ncc(Cl)c1C(N)c1ccc(Br)o1. The van der Waals surface area contributed by atoms with Crippen molar-refractivity contribution in [3.05, 3.63) is 39.5 Å². The van der Waals surface area contributed by atoms with Gasteiger partial charge in [-0.25, -0.2) is 0 Å². The first-order chi connectivity index (χ1) is 8.99. The molecule has 0 spiro atoms. The average Bonchev–Trinajstić information content (AvgIpc) is 2.92. The van der Waals surface area contributed by atoms with Crippen LogP contribution in [0.5, 0.6) is 0 Å². The monoisotopic (exact) mass is 346 g/mol. The predicted molar refractivity (Wildman–Crippen MR) is 78.2 cm³/mol. The minimum Gasteiger partial charge on any atom is -0.452 e. The lowest BCUT2D eigenvalue weighted by molar-refractivity contribution is 0.365. The Hall–Kier alpha value is -0.820. The molecule has 2 aromatic rings. The first-order valence-electron chi connectivity index (χ1n) is 5.85. The summed E-state index contributed by atoms with van der Waals surface area (Å²) in [6.07, 6.45) is 1.62. The van der Waals surface area contributed by atoms with Gasteiger partial charge in [0, 0.05) is 6.54 Å². The number of hydrogen-bond acceptors (Lipinski definition) is 4. The van der Waals surface area contributed by atoms with Gasteiger partial charge in [-0.05, 0) is 42.2 Å². The molecule has 1 atom stereocenters. The maximum atomic E-state index is 6.21. The van der Waals surface area contributed by atoms with Crippen LogP contribution in [0.2, 0.25) is 5.02 Å². The fourth-order valence-electron chi connectivity index (χ4n) is 1.78. The van der Waals surface area contributed by atoms with Crippen LogP contribution in [0.15, 0.2) is 27.4 Å². The molecule has 0 aliphatic carbocycles. The highest BCUT2D eigenvalue weighted by molar-refractivity contribution is 9.10. The molecule has 2 N–H and O–H groups in total. The molecule has 5 nitrogen and oxygen atoms in total. The van der Waals surface area contributed by atoms with Gasteiger partial charge in [0.05, 0.1) is 23.5 Å². The molecule has 2 aromatic heterocycles. The number of likely N-dealkylation sites (N-methyl/N-ethyl adjacent to an activating group) is 1. The number of nitrogens with two attached hydrogens (primary N) is 1. The van der Waals surface area contributed by atoms with Gasteiger partial charge in [0.1, 0.15) is 11.8 Å². The fraction of sp³-hybridized carbons (Fsp3) is 0.417. The van der Waals surface area contributed by atoms with Crippen molar-refractivity contribution in [3.63, 3.8) is 0 Å². The minimum atomic E-state index is -0.427. The maximum Gasteiger partial charge on any atom is 0.169 e. The zero-order chi connectivity index (χ0) is 14.0. The van der Waals surface area contributed by atoms with Crippen molar-refractivity contribution in [2.75, 3.05) is 20.6 Å². The molecule has 0 aliphatic heterocycles. The van der Waals surface area contributed by atoms with Gasteiger partial charge in [0.2, 0.25) is 0 Å². The van der Waals surface area contributed by atoms with Crippen LogP contribution in [0.3, 0.4) is 0 Å². The van der Waals surface area contributed by atoms with Crippen molar-refractivity contribution >= 4 is 27.5 Å². The van der Waals surface area contributed by atoms with Crippen molar-refractivity contribution in [1.29, 1.82) is 0 Å². The van der Waals surface area contributed by atoms with Crippen molar-refractivity contribution in [1.82, 2.24) is 14.7 Å². The standard InChI is InChI=1S/C12H16BrClN4O/c1-17(2)5-6-18-12(8(14)7-16-18)11(15)9-3-4-10(13)19-9/h3-4,7,11H,5-6,15H2,1-2H3. The minimum absolute atomic E-state index is 0.427. The van der Waals surface area contributed by atoms with E-state index in [1.807, 2.05) is 30.9 Å². The van der Waals surface area contributed by atoms with Gasteiger partial charge in [-0.2, -0.15) is 5.10 Å². The molecule has 0 amide bonds. The van der Waals surface area contributed by atoms with Gasteiger partial charge in [-0.15, -0.1) is 0 Å². The lowest BCUT2D eigenvalue weighted by Gasteiger charge is -2.15. The molecule has 0 saturated heterocycles. The Labute approximate surface area is 125 Å². The third-order valence-electron chi connectivity index (χ3n) is 2.79. The van der Waals surface area contributed by atoms with Crippen LogP contribution >= 0.6 is 27.5 Å². The molecular formula is C12H16BrClN4O. The topological polar surface area (TPSA) is 60.2 Å². The number of furan rings is 1. The summed E-state index contributed by atoms with van der Waals surface area (Å²) in [5.74, 6) is 0.653. The van der Waals surface area contributed by atoms with Crippen LogP contribution in [0, 0.1) is 0 Å². The van der Waals surface area contributed by atoms with Gasteiger partial charge in [-0.1, -0.05) is 11.6 Å². The molecule has 0 aliphatic rings. The summed E-state index contributed by atoms with van der Waals surface area (Å²) in [7, 11) is 4.02. The van der Waals surface area contributed by atoms with E-state index in [9.17, 15) is 0 Å². The first kappa shape index (κ1) is 14.6. The van der Waals surface area contributed by atoms with Crippen LogP contribution in [0.4, 0.5) is 0 Å². The molecule has 7 heteroatoms. The molecular weight excluding hydrogens is 332 g/mol. The summed E-state index contributed by atoms with van der Waals surface area (Å²) in [5, 5.41) is 4.82. The van der Waals surface area contributed by atoms with E-state index in [2.05, 4.69) is 25.9 Å². The van der Waals surface area contributed by atoms with Crippen LogP contribution < -0.4 is 5.73 Å². The van der Waals surface area contributed by atoms with E-state index >= 15 is 0 Å². The van der Waals surface area contributed by atoms with E-state index in [4.69, 9.17) is 21.8 Å².